The van der Waals surface area contributed by atoms with Crippen molar-refractivity contribution in [3.8, 4) is 0 Å². The van der Waals surface area contributed by atoms with Gasteiger partial charge in [0.25, 0.3) is 0 Å². The molecule has 2 aromatic rings. The summed E-state index contributed by atoms with van der Waals surface area (Å²) < 4.78 is 2.00. The highest BCUT2D eigenvalue weighted by molar-refractivity contribution is 6.30. The summed E-state index contributed by atoms with van der Waals surface area (Å²) in [7, 11) is 0. The third-order valence-corrected chi connectivity index (χ3v) is 5.71. The zero-order valence-corrected chi connectivity index (χ0v) is 14.7. The molecule has 6 heteroatoms. The Morgan fingerprint density at radius 2 is 1.88 bits per heavy atom. The van der Waals surface area contributed by atoms with Crippen molar-refractivity contribution in [3.05, 3.63) is 35.2 Å². The van der Waals surface area contributed by atoms with Crippen molar-refractivity contribution in [2.45, 2.75) is 44.3 Å². The average Bonchev–Trinajstić information content (AvgIpc) is 3.28. The van der Waals surface area contributed by atoms with E-state index < -0.39 is 0 Å². The summed E-state index contributed by atoms with van der Waals surface area (Å²) in [5, 5.41) is 10.3. The van der Waals surface area contributed by atoms with Crippen molar-refractivity contribution >= 4 is 17.2 Å². The molecule has 0 amide bonds. The Morgan fingerprint density at radius 1 is 1.08 bits per heavy atom. The molecule has 2 aliphatic rings. The zero-order chi connectivity index (χ0) is 16.5. The minimum Gasteiger partial charge on any atom is -0.395 e. The fraction of sp³-hybridized carbons (Fsp3) is 0.611. The van der Waals surface area contributed by atoms with E-state index in [1.54, 1.807) is 0 Å². The Hall–Kier alpha value is -1.14. The number of rotatable bonds is 5. The number of hydrogen-bond donors (Lipinski definition) is 1. The van der Waals surface area contributed by atoms with E-state index >= 15 is 0 Å². The molecule has 0 aliphatic carbocycles. The molecule has 0 aromatic carbocycles. The molecule has 2 aromatic heterocycles. The number of imidazole rings is 1. The zero-order valence-electron chi connectivity index (χ0n) is 13.9. The van der Waals surface area contributed by atoms with Crippen LogP contribution in [0.3, 0.4) is 0 Å². The number of likely N-dealkylation sites (tertiary alicyclic amines) is 2. The van der Waals surface area contributed by atoms with Gasteiger partial charge in [-0.3, -0.25) is 9.80 Å². The Bertz CT molecular complexity index is 703. The quantitative estimate of drug-likeness (QED) is 0.901. The lowest BCUT2D eigenvalue weighted by Crippen LogP contribution is -2.43. The van der Waals surface area contributed by atoms with Gasteiger partial charge in [-0.25, -0.2) is 4.98 Å². The van der Waals surface area contributed by atoms with Crippen molar-refractivity contribution < 1.29 is 5.11 Å². The van der Waals surface area contributed by atoms with Crippen molar-refractivity contribution in [2.75, 3.05) is 26.2 Å². The van der Waals surface area contributed by atoms with E-state index in [1.807, 2.05) is 22.7 Å². The van der Waals surface area contributed by atoms with E-state index in [9.17, 15) is 5.11 Å². The Balaban J connectivity index is 1.44. The van der Waals surface area contributed by atoms with Gasteiger partial charge in [-0.15, -0.1) is 0 Å². The molecule has 2 aliphatic heterocycles. The number of aromatic nitrogens is 2. The molecule has 2 saturated heterocycles. The molecule has 2 fully saturated rings. The maximum atomic E-state index is 9.54. The van der Waals surface area contributed by atoms with Gasteiger partial charge in [0, 0.05) is 37.6 Å². The van der Waals surface area contributed by atoms with Crippen LogP contribution in [0.5, 0.6) is 0 Å². The molecule has 1 N–H and O–H groups in total. The predicted octanol–water partition coefficient (Wildman–Crippen LogP) is 2.41. The number of halogens is 1. The first kappa shape index (κ1) is 16.3. The van der Waals surface area contributed by atoms with E-state index in [-0.39, 0.29) is 0 Å². The van der Waals surface area contributed by atoms with Gasteiger partial charge in [-0.2, -0.15) is 0 Å². The van der Waals surface area contributed by atoms with Gasteiger partial charge in [0.1, 0.15) is 5.65 Å². The van der Waals surface area contributed by atoms with Crippen LogP contribution in [0.15, 0.2) is 24.5 Å². The average molecular weight is 349 g/mol. The van der Waals surface area contributed by atoms with Gasteiger partial charge < -0.3 is 9.51 Å². The lowest BCUT2D eigenvalue weighted by Gasteiger charge is -2.30. The number of aliphatic hydroxyl groups excluding tert-OH is 1. The van der Waals surface area contributed by atoms with Crippen LogP contribution in [0, 0.1) is 0 Å². The highest BCUT2D eigenvalue weighted by Gasteiger charge is 2.31. The van der Waals surface area contributed by atoms with Crippen LogP contribution in [-0.2, 0) is 6.54 Å². The largest absolute Gasteiger partial charge is 0.395 e. The molecule has 2 unspecified atom stereocenters. The highest BCUT2D eigenvalue weighted by atomic mass is 35.5. The smallest absolute Gasteiger partial charge is 0.137 e. The molecule has 24 heavy (non-hydrogen) atoms. The van der Waals surface area contributed by atoms with Gasteiger partial charge in [-0.1, -0.05) is 11.6 Å². The third kappa shape index (κ3) is 3.31. The van der Waals surface area contributed by atoms with E-state index in [0.29, 0.717) is 18.7 Å². The second kappa shape index (κ2) is 7.00. The molecule has 2 atom stereocenters. The lowest BCUT2D eigenvalue weighted by molar-refractivity contribution is 0.119. The number of pyridine rings is 1. The van der Waals surface area contributed by atoms with E-state index in [4.69, 9.17) is 16.6 Å². The number of hydrogen-bond acceptors (Lipinski definition) is 4. The van der Waals surface area contributed by atoms with Crippen molar-refractivity contribution in [1.29, 1.82) is 0 Å². The summed E-state index contributed by atoms with van der Waals surface area (Å²) in [5.41, 5.74) is 2.05. The van der Waals surface area contributed by atoms with E-state index in [0.717, 1.165) is 49.0 Å². The van der Waals surface area contributed by atoms with E-state index in [1.165, 1.54) is 19.3 Å². The predicted molar refractivity (Wildman–Crippen MR) is 95.3 cm³/mol. The fourth-order valence-electron chi connectivity index (χ4n) is 4.22. The molecular formula is C18H25ClN4O. The minimum atomic E-state index is 0.292. The van der Waals surface area contributed by atoms with Gasteiger partial charge in [-0.05, 0) is 50.9 Å². The standard InChI is InChI=1S/C18H25ClN4O/c19-14-5-6-18-20-15(11-23(18)9-14)10-21-7-1-3-16(21)12-22-8-2-4-17(22)13-24/h5-6,9,11,16-17,24H,1-4,7-8,10,12-13H2. The molecule has 4 rings (SSSR count). The Morgan fingerprint density at radius 3 is 2.71 bits per heavy atom. The molecule has 0 saturated carbocycles. The second-order valence-electron chi connectivity index (χ2n) is 7.09. The van der Waals surface area contributed by atoms with Gasteiger partial charge in [0.05, 0.1) is 17.3 Å². The van der Waals surface area contributed by atoms with Gasteiger partial charge >= 0.3 is 0 Å². The molecule has 0 spiro atoms. The van der Waals surface area contributed by atoms with Crippen LogP contribution in [0.4, 0.5) is 0 Å². The maximum absolute atomic E-state index is 9.54. The van der Waals surface area contributed by atoms with Gasteiger partial charge in [0.15, 0.2) is 0 Å². The minimum absolute atomic E-state index is 0.292. The monoisotopic (exact) mass is 348 g/mol. The van der Waals surface area contributed by atoms with Crippen LogP contribution in [0.2, 0.25) is 5.02 Å². The fourth-order valence-corrected chi connectivity index (χ4v) is 4.39. The lowest BCUT2D eigenvalue weighted by atomic mass is 10.2. The van der Waals surface area contributed by atoms with Crippen LogP contribution < -0.4 is 0 Å². The van der Waals surface area contributed by atoms with Crippen molar-refractivity contribution in [1.82, 2.24) is 19.2 Å². The molecule has 5 nitrogen and oxygen atoms in total. The Labute approximate surface area is 147 Å². The first-order chi connectivity index (χ1) is 11.7. The van der Waals surface area contributed by atoms with Crippen molar-refractivity contribution in [3.63, 3.8) is 0 Å². The topological polar surface area (TPSA) is 44.0 Å². The number of nitrogens with zero attached hydrogens (tertiary/aromatic N) is 4. The van der Waals surface area contributed by atoms with Crippen LogP contribution in [0.1, 0.15) is 31.4 Å². The Kier molecular flexibility index (Phi) is 4.77. The highest BCUT2D eigenvalue weighted by Crippen LogP contribution is 2.25. The number of aliphatic hydroxyl groups is 1. The molecular weight excluding hydrogens is 324 g/mol. The van der Waals surface area contributed by atoms with Crippen molar-refractivity contribution in [2.24, 2.45) is 0 Å². The van der Waals surface area contributed by atoms with Crippen LogP contribution >= 0.6 is 11.6 Å². The molecule has 0 bridgehead atoms. The number of fused-ring (bicyclic) bond motifs is 1. The first-order valence-electron chi connectivity index (χ1n) is 8.95. The first-order valence-corrected chi connectivity index (χ1v) is 9.33. The normalized spacial score (nSPS) is 25.9. The summed E-state index contributed by atoms with van der Waals surface area (Å²) in [6.45, 7) is 4.52. The summed E-state index contributed by atoms with van der Waals surface area (Å²) in [6.07, 6.45) is 8.84. The van der Waals surface area contributed by atoms with Crippen LogP contribution in [0.25, 0.3) is 5.65 Å². The van der Waals surface area contributed by atoms with Gasteiger partial charge in [0.2, 0.25) is 0 Å². The second-order valence-corrected chi connectivity index (χ2v) is 7.52. The van der Waals surface area contributed by atoms with E-state index in [2.05, 4.69) is 16.0 Å². The summed E-state index contributed by atoms with van der Waals surface area (Å²) in [4.78, 5) is 9.75. The molecule has 4 heterocycles. The molecule has 130 valence electrons. The summed E-state index contributed by atoms with van der Waals surface area (Å²) in [5.74, 6) is 0. The SMILES string of the molecule is OCC1CCCN1CC1CCCN1Cc1cn2cc(Cl)ccc2n1. The third-order valence-electron chi connectivity index (χ3n) is 5.48. The maximum Gasteiger partial charge on any atom is 0.137 e. The molecule has 0 radical (unpaired) electrons. The summed E-state index contributed by atoms with van der Waals surface area (Å²) >= 11 is 6.06. The van der Waals surface area contributed by atoms with Crippen LogP contribution in [-0.4, -0.2) is 62.6 Å². The summed E-state index contributed by atoms with van der Waals surface area (Å²) in [6, 6.07) is 4.79.